The van der Waals surface area contributed by atoms with Crippen molar-refractivity contribution in [3.63, 3.8) is 0 Å². The molecule has 2 rings (SSSR count). The van der Waals surface area contributed by atoms with Gasteiger partial charge in [-0.25, -0.2) is 8.78 Å². The molecule has 0 aromatic heterocycles. The zero-order valence-corrected chi connectivity index (χ0v) is 8.06. The standard InChI is InChI=1S/C11H13F2N/c1-2-7-6-11(7,14)8-3-9(12)5-10(13)4-8/h3-5,7H,2,6,14H2,1H3. The predicted octanol–water partition coefficient (Wildman–Crippen LogP) is 2.55. The van der Waals surface area contributed by atoms with E-state index in [0.29, 0.717) is 11.5 Å². The van der Waals surface area contributed by atoms with Crippen LogP contribution in [0.25, 0.3) is 0 Å². The van der Waals surface area contributed by atoms with Gasteiger partial charge in [0.25, 0.3) is 0 Å². The number of halogens is 2. The van der Waals surface area contributed by atoms with Crippen molar-refractivity contribution in [3.8, 4) is 0 Å². The van der Waals surface area contributed by atoms with Gasteiger partial charge in [-0.2, -0.15) is 0 Å². The molecule has 1 fully saturated rings. The van der Waals surface area contributed by atoms with E-state index >= 15 is 0 Å². The Balaban J connectivity index is 2.34. The van der Waals surface area contributed by atoms with Gasteiger partial charge in [0, 0.05) is 11.6 Å². The van der Waals surface area contributed by atoms with Crippen molar-refractivity contribution in [1.29, 1.82) is 0 Å². The van der Waals surface area contributed by atoms with Gasteiger partial charge in [-0.15, -0.1) is 0 Å². The van der Waals surface area contributed by atoms with Gasteiger partial charge in [0.2, 0.25) is 0 Å². The van der Waals surface area contributed by atoms with Crippen LogP contribution in [0.2, 0.25) is 0 Å². The average Bonchev–Trinajstić information content (AvgIpc) is 2.77. The molecule has 0 bridgehead atoms. The second-order valence-corrected chi connectivity index (χ2v) is 4.01. The summed E-state index contributed by atoms with van der Waals surface area (Å²) in [6.07, 6.45) is 1.78. The molecule has 1 aliphatic rings. The summed E-state index contributed by atoms with van der Waals surface area (Å²) in [6, 6.07) is 3.54. The third kappa shape index (κ3) is 1.42. The second-order valence-electron chi connectivity index (χ2n) is 4.01. The maximum atomic E-state index is 12.9. The molecule has 2 N–H and O–H groups in total. The minimum atomic E-state index is -0.549. The Hall–Kier alpha value is -0.960. The summed E-state index contributed by atoms with van der Waals surface area (Å²) in [7, 11) is 0. The van der Waals surface area contributed by atoms with E-state index in [-0.39, 0.29) is 0 Å². The fourth-order valence-corrected chi connectivity index (χ4v) is 2.03. The Morgan fingerprint density at radius 1 is 1.36 bits per heavy atom. The Bertz CT molecular complexity index is 344. The van der Waals surface area contributed by atoms with E-state index in [2.05, 4.69) is 0 Å². The van der Waals surface area contributed by atoms with Gasteiger partial charge >= 0.3 is 0 Å². The Morgan fingerprint density at radius 2 is 1.93 bits per heavy atom. The van der Waals surface area contributed by atoms with Gasteiger partial charge in [0.05, 0.1) is 0 Å². The van der Waals surface area contributed by atoms with Crippen molar-refractivity contribution in [2.45, 2.75) is 25.3 Å². The zero-order valence-electron chi connectivity index (χ0n) is 8.06. The van der Waals surface area contributed by atoms with Crippen molar-refractivity contribution in [2.24, 2.45) is 11.7 Å². The van der Waals surface area contributed by atoms with E-state index in [9.17, 15) is 8.78 Å². The lowest BCUT2D eigenvalue weighted by Gasteiger charge is -2.11. The number of hydrogen-bond acceptors (Lipinski definition) is 1. The summed E-state index contributed by atoms with van der Waals surface area (Å²) in [5.74, 6) is -0.734. The van der Waals surface area contributed by atoms with Crippen LogP contribution in [0.4, 0.5) is 8.78 Å². The Morgan fingerprint density at radius 3 is 2.36 bits per heavy atom. The number of rotatable bonds is 2. The molecule has 0 saturated heterocycles. The normalized spacial score (nSPS) is 30.4. The lowest BCUT2D eigenvalue weighted by Crippen LogP contribution is -2.22. The molecule has 1 aromatic carbocycles. The summed E-state index contributed by atoms with van der Waals surface area (Å²) in [5, 5.41) is 0. The van der Waals surface area contributed by atoms with E-state index in [1.165, 1.54) is 12.1 Å². The summed E-state index contributed by atoms with van der Waals surface area (Å²) >= 11 is 0. The van der Waals surface area contributed by atoms with Crippen LogP contribution in [-0.2, 0) is 5.54 Å². The molecular weight excluding hydrogens is 184 g/mol. The Kier molecular flexibility index (Phi) is 2.07. The molecule has 3 heteroatoms. The molecule has 0 spiro atoms. The molecule has 0 radical (unpaired) electrons. The van der Waals surface area contributed by atoms with Gasteiger partial charge in [-0.05, 0) is 30.0 Å². The maximum absolute atomic E-state index is 12.9. The topological polar surface area (TPSA) is 26.0 Å². The highest BCUT2D eigenvalue weighted by Gasteiger charge is 2.51. The van der Waals surface area contributed by atoms with Crippen molar-refractivity contribution < 1.29 is 8.78 Å². The van der Waals surface area contributed by atoms with Crippen molar-refractivity contribution in [2.75, 3.05) is 0 Å². The van der Waals surface area contributed by atoms with Crippen LogP contribution in [0.1, 0.15) is 25.3 Å². The first-order valence-corrected chi connectivity index (χ1v) is 4.81. The van der Waals surface area contributed by atoms with Gasteiger partial charge in [0.1, 0.15) is 11.6 Å². The van der Waals surface area contributed by atoms with E-state index in [1.54, 1.807) is 0 Å². The highest BCUT2D eigenvalue weighted by atomic mass is 19.1. The molecule has 0 amide bonds. The van der Waals surface area contributed by atoms with Crippen molar-refractivity contribution >= 4 is 0 Å². The predicted molar refractivity (Wildman–Crippen MR) is 50.6 cm³/mol. The molecule has 14 heavy (non-hydrogen) atoms. The molecule has 2 unspecified atom stereocenters. The summed E-state index contributed by atoms with van der Waals surface area (Å²) in [5.41, 5.74) is 6.12. The SMILES string of the molecule is CCC1CC1(N)c1cc(F)cc(F)c1. The van der Waals surface area contributed by atoms with Crippen LogP contribution in [0.3, 0.4) is 0 Å². The average molecular weight is 197 g/mol. The highest BCUT2D eigenvalue weighted by molar-refractivity contribution is 5.32. The molecule has 2 atom stereocenters. The van der Waals surface area contributed by atoms with Crippen LogP contribution >= 0.6 is 0 Å². The minimum absolute atomic E-state index is 0.365. The van der Waals surface area contributed by atoms with E-state index < -0.39 is 17.2 Å². The van der Waals surface area contributed by atoms with Gasteiger partial charge in [0.15, 0.2) is 0 Å². The summed E-state index contributed by atoms with van der Waals surface area (Å²) < 4.78 is 25.8. The monoisotopic (exact) mass is 197 g/mol. The van der Waals surface area contributed by atoms with Crippen LogP contribution in [0, 0.1) is 17.6 Å². The molecule has 0 heterocycles. The lowest BCUT2D eigenvalue weighted by atomic mass is 10.0. The quantitative estimate of drug-likeness (QED) is 0.774. The smallest absolute Gasteiger partial charge is 0.126 e. The van der Waals surface area contributed by atoms with Crippen LogP contribution < -0.4 is 5.73 Å². The highest BCUT2D eigenvalue weighted by Crippen LogP contribution is 2.51. The first kappa shape index (κ1) is 9.59. The van der Waals surface area contributed by atoms with Crippen molar-refractivity contribution in [1.82, 2.24) is 0 Å². The fraction of sp³-hybridized carbons (Fsp3) is 0.455. The van der Waals surface area contributed by atoms with Crippen LogP contribution in [0.15, 0.2) is 18.2 Å². The van der Waals surface area contributed by atoms with Crippen LogP contribution in [-0.4, -0.2) is 0 Å². The molecule has 1 nitrogen and oxygen atoms in total. The fourth-order valence-electron chi connectivity index (χ4n) is 2.03. The minimum Gasteiger partial charge on any atom is -0.321 e. The molecule has 1 aliphatic carbocycles. The van der Waals surface area contributed by atoms with Gasteiger partial charge in [-0.3, -0.25) is 0 Å². The third-order valence-electron chi connectivity index (χ3n) is 3.05. The molecule has 1 aromatic rings. The van der Waals surface area contributed by atoms with Gasteiger partial charge < -0.3 is 5.73 Å². The summed E-state index contributed by atoms with van der Waals surface area (Å²) in [6.45, 7) is 2.04. The van der Waals surface area contributed by atoms with Crippen LogP contribution in [0.5, 0.6) is 0 Å². The maximum Gasteiger partial charge on any atom is 0.126 e. The first-order valence-electron chi connectivity index (χ1n) is 4.81. The van der Waals surface area contributed by atoms with E-state index in [4.69, 9.17) is 5.73 Å². The third-order valence-corrected chi connectivity index (χ3v) is 3.05. The molecule has 0 aliphatic heterocycles. The molecule has 1 saturated carbocycles. The lowest BCUT2D eigenvalue weighted by molar-refractivity contribution is 0.559. The number of hydrogen-bond donors (Lipinski definition) is 1. The number of nitrogens with two attached hydrogens (primary N) is 1. The van der Waals surface area contributed by atoms with E-state index in [0.717, 1.165) is 18.9 Å². The number of benzene rings is 1. The Labute approximate surface area is 81.9 Å². The zero-order chi connectivity index (χ0) is 10.3. The molecular formula is C11H13F2N. The summed E-state index contributed by atoms with van der Waals surface area (Å²) in [4.78, 5) is 0. The largest absolute Gasteiger partial charge is 0.321 e. The molecule has 76 valence electrons. The first-order chi connectivity index (χ1) is 6.56. The van der Waals surface area contributed by atoms with Gasteiger partial charge in [-0.1, -0.05) is 13.3 Å². The van der Waals surface area contributed by atoms with Crippen molar-refractivity contribution in [3.05, 3.63) is 35.4 Å². The second kappa shape index (κ2) is 3.02. The van der Waals surface area contributed by atoms with E-state index in [1.807, 2.05) is 6.92 Å².